The van der Waals surface area contributed by atoms with E-state index in [0.29, 0.717) is 18.5 Å². The molecule has 0 saturated carbocycles. The predicted octanol–water partition coefficient (Wildman–Crippen LogP) is 2.76. The molecule has 1 unspecified atom stereocenters. The van der Waals surface area contributed by atoms with Crippen LogP contribution < -0.4 is 10.6 Å². The Bertz CT molecular complexity index is 374. The number of hydrogen-bond acceptors (Lipinski definition) is 3. The van der Waals surface area contributed by atoms with Gasteiger partial charge in [-0.25, -0.2) is 4.98 Å². The average molecular weight is 249 g/mol. The van der Waals surface area contributed by atoms with Crippen LogP contribution in [-0.4, -0.2) is 24.6 Å². The van der Waals surface area contributed by atoms with Crippen molar-refractivity contribution < 1.29 is 0 Å². The fourth-order valence-corrected chi connectivity index (χ4v) is 2.35. The van der Waals surface area contributed by atoms with Crippen molar-refractivity contribution in [2.45, 2.75) is 46.6 Å². The Hall–Kier alpha value is -1.09. The first-order valence-corrected chi connectivity index (χ1v) is 6.84. The minimum absolute atomic E-state index is 0.511. The van der Waals surface area contributed by atoms with Gasteiger partial charge in [0.2, 0.25) is 0 Å². The molecule has 0 aliphatic carbocycles. The lowest BCUT2D eigenvalue weighted by molar-refractivity contribution is 0.501. The zero-order valence-electron chi connectivity index (χ0n) is 12.4. The van der Waals surface area contributed by atoms with Crippen LogP contribution >= 0.6 is 0 Å². The Kier molecular flexibility index (Phi) is 5.60. The molecule has 1 atom stereocenters. The summed E-state index contributed by atoms with van der Waals surface area (Å²) in [4.78, 5) is 6.87. The standard InChI is InChI=1S/C15H27N3/c1-11(2)8-13(4)18(5)15-12(3)9-14(6-7-16)10-17-15/h9-11,13H,6-8,16H2,1-5H3. The van der Waals surface area contributed by atoms with Gasteiger partial charge in [0.15, 0.2) is 0 Å². The Morgan fingerprint density at radius 1 is 1.33 bits per heavy atom. The van der Waals surface area contributed by atoms with E-state index < -0.39 is 0 Å². The van der Waals surface area contributed by atoms with Crippen molar-refractivity contribution in [1.29, 1.82) is 0 Å². The number of anilines is 1. The molecular formula is C15H27N3. The second-order valence-electron chi connectivity index (χ2n) is 5.61. The number of rotatable bonds is 6. The van der Waals surface area contributed by atoms with Crippen LogP contribution in [0.2, 0.25) is 0 Å². The zero-order chi connectivity index (χ0) is 13.7. The molecule has 1 aromatic heterocycles. The third-order valence-electron chi connectivity index (χ3n) is 3.35. The van der Waals surface area contributed by atoms with Gasteiger partial charge in [-0.05, 0) is 50.3 Å². The second kappa shape index (κ2) is 6.74. The van der Waals surface area contributed by atoms with E-state index in [1.165, 1.54) is 17.5 Å². The van der Waals surface area contributed by atoms with E-state index in [1.807, 2.05) is 6.20 Å². The number of aryl methyl sites for hydroxylation is 1. The lowest BCUT2D eigenvalue weighted by Gasteiger charge is -2.28. The summed E-state index contributed by atoms with van der Waals surface area (Å²) in [6.07, 6.45) is 4.04. The van der Waals surface area contributed by atoms with E-state index in [4.69, 9.17) is 5.73 Å². The van der Waals surface area contributed by atoms with Crippen molar-refractivity contribution in [1.82, 2.24) is 4.98 Å². The monoisotopic (exact) mass is 249 g/mol. The Morgan fingerprint density at radius 2 is 2.00 bits per heavy atom. The molecule has 1 heterocycles. The van der Waals surface area contributed by atoms with Crippen molar-refractivity contribution >= 4 is 5.82 Å². The van der Waals surface area contributed by atoms with Crippen molar-refractivity contribution in [3.63, 3.8) is 0 Å². The molecule has 3 heteroatoms. The molecule has 102 valence electrons. The summed E-state index contributed by atoms with van der Waals surface area (Å²) in [5.74, 6) is 1.79. The van der Waals surface area contributed by atoms with Crippen LogP contribution in [-0.2, 0) is 6.42 Å². The summed E-state index contributed by atoms with van der Waals surface area (Å²) in [6, 6.07) is 2.71. The first kappa shape index (κ1) is 15.0. The molecule has 2 N–H and O–H groups in total. The van der Waals surface area contributed by atoms with Gasteiger partial charge in [-0.3, -0.25) is 0 Å². The van der Waals surface area contributed by atoms with Gasteiger partial charge >= 0.3 is 0 Å². The van der Waals surface area contributed by atoms with Gasteiger partial charge in [-0.15, -0.1) is 0 Å². The molecule has 0 saturated heterocycles. The Balaban J connectivity index is 2.82. The molecule has 0 aliphatic heterocycles. The second-order valence-corrected chi connectivity index (χ2v) is 5.61. The van der Waals surface area contributed by atoms with Gasteiger partial charge in [-0.2, -0.15) is 0 Å². The summed E-state index contributed by atoms with van der Waals surface area (Å²) >= 11 is 0. The topological polar surface area (TPSA) is 42.1 Å². The SMILES string of the molecule is Cc1cc(CCN)cnc1N(C)C(C)CC(C)C. The normalized spacial score (nSPS) is 12.8. The van der Waals surface area contributed by atoms with Crippen molar-refractivity contribution in [2.24, 2.45) is 11.7 Å². The quantitative estimate of drug-likeness (QED) is 0.843. The maximum atomic E-state index is 5.57. The fraction of sp³-hybridized carbons (Fsp3) is 0.667. The first-order chi connectivity index (χ1) is 8.45. The number of hydrogen-bond donors (Lipinski definition) is 1. The largest absolute Gasteiger partial charge is 0.357 e. The molecule has 1 aromatic rings. The van der Waals surface area contributed by atoms with Crippen LogP contribution in [0.4, 0.5) is 5.82 Å². The maximum Gasteiger partial charge on any atom is 0.131 e. The Morgan fingerprint density at radius 3 is 2.50 bits per heavy atom. The highest BCUT2D eigenvalue weighted by Crippen LogP contribution is 2.21. The summed E-state index contributed by atoms with van der Waals surface area (Å²) in [6.45, 7) is 9.58. The molecule has 18 heavy (non-hydrogen) atoms. The van der Waals surface area contributed by atoms with E-state index in [0.717, 1.165) is 12.2 Å². The van der Waals surface area contributed by atoms with Crippen LogP contribution in [0.5, 0.6) is 0 Å². The van der Waals surface area contributed by atoms with E-state index in [-0.39, 0.29) is 0 Å². The van der Waals surface area contributed by atoms with Gasteiger partial charge in [0.25, 0.3) is 0 Å². The third kappa shape index (κ3) is 3.98. The summed E-state index contributed by atoms with van der Waals surface area (Å²) in [7, 11) is 2.13. The summed E-state index contributed by atoms with van der Waals surface area (Å²) in [5.41, 5.74) is 8.03. The van der Waals surface area contributed by atoms with Crippen LogP contribution in [0.3, 0.4) is 0 Å². The number of nitrogens with zero attached hydrogens (tertiary/aromatic N) is 2. The van der Waals surface area contributed by atoms with Crippen molar-refractivity contribution in [3.8, 4) is 0 Å². The van der Waals surface area contributed by atoms with Gasteiger partial charge in [-0.1, -0.05) is 19.9 Å². The molecule has 0 fully saturated rings. The predicted molar refractivity (Wildman–Crippen MR) is 79.1 cm³/mol. The zero-order valence-corrected chi connectivity index (χ0v) is 12.4. The summed E-state index contributed by atoms with van der Waals surface area (Å²) in [5, 5.41) is 0. The lowest BCUT2D eigenvalue weighted by Crippen LogP contribution is -2.31. The molecule has 3 nitrogen and oxygen atoms in total. The van der Waals surface area contributed by atoms with E-state index in [1.54, 1.807) is 0 Å². The molecule has 1 rings (SSSR count). The minimum Gasteiger partial charge on any atom is -0.357 e. The molecule has 0 amide bonds. The average Bonchev–Trinajstić information content (AvgIpc) is 2.28. The highest BCUT2D eigenvalue weighted by molar-refractivity contribution is 5.47. The van der Waals surface area contributed by atoms with Crippen molar-refractivity contribution in [3.05, 3.63) is 23.4 Å². The van der Waals surface area contributed by atoms with E-state index >= 15 is 0 Å². The van der Waals surface area contributed by atoms with E-state index in [9.17, 15) is 0 Å². The maximum absolute atomic E-state index is 5.57. The molecule has 0 radical (unpaired) electrons. The minimum atomic E-state index is 0.511. The Labute approximate surface area is 111 Å². The van der Waals surface area contributed by atoms with Gasteiger partial charge in [0.05, 0.1) is 0 Å². The van der Waals surface area contributed by atoms with Crippen LogP contribution in [0, 0.1) is 12.8 Å². The third-order valence-corrected chi connectivity index (χ3v) is 3.35. The van der Waals surface area contributed by atoms with Gasteiger partial charge < -0.3 is 10.6 Å². The summed E-state index contributed by atoms with van der Waals surface area (Å²) < 4.78 is 0. The molecular weight excluding hydrogens is 222 g/mol. The molecule has 0 aliphatic rings. The first-order valence-electron chi connectivity index (χ1n) is 6.84. The van der Waals surface area contributed by atoms with Crippen LogP contribution in [0.1, 0.15) is 38.3 Å². The van der Waals surface area contributed by atoms with E-state index in [2.05, 4.69) is 50.7 Å². The lowest BCUT2D eigenvalue weighted by atomic mass is 10.0. The van der Waals surface area contributed by atoms with Crippen molar-refractivity contribution in [2.75, 3.05) is 18.5 Å². The molecule has 0 bridgehead atoms. The van der Waals surface area contributed by atoms with Gasteiger partial charge in [0, 0.05) is 19.3 Å². The highest BCUT2D eigenvalue weighted by Gasteiger charge is 2.14. The fourth-order valence-electron chi connectivity index (χ4n) is 2.35. The van der Waals surface area contributed by atoms with Gasteiger partial charge in [0.1, 0.15) is 5.82 Å². The number of aromatic nitrogens is 1. The highest BCUT2D eigenvalue weighted by atomic mass is 15.2. The van der Waals surface area contributed by atoms with Crippen LogP contribution in [0.25, 0.3) is 0 Å². The number of pyridine rings is 1. The smallest absolute Gasteiger partial charge is 0.131 e. The molecule has 0 spiro atoms. The number of nitrogens with two attached hydrogens (primary N) is 1. The molecule has 0 aromatic carbocycles. The van der Waals surface area contributed by atoms with Crippen LogP contribution in [0.15, 0.2) is 12.3 Å².